The van der Waals surface area contributed by atoms with Crippen LogP contribution < -0.4 is 0 Å². The van der Waals surface area contributed by atoms with Crippen LogP contribution in [0.15, 0.2) is 12.1 Å². The maximum absolute atomic E-state index is 13.3. The van der Waals surface area contributed by atoms with Crippen LogP contribution in [0.5, 0.6) is 0 Å². The van der Waals surface area contributed by atoms with Gasteiger partial charge in [0, 0.05) is 5.56 Å². The SMILES string of the molecule is CCOC(=O)Cc1c(C#N)ccc(F)c1F. The molecule has 0 aliphatic carbocycles. The van der Waals surface area contributed by atoms with Gasteiger partial charge in [0.15, 0.2) is 11.6 Å². The van der Waals surface area contributed by atoms with Gasteiger partial charge in [-0.05, 0) is 19.1 Å². The Labute approximate surface area is 91.3 Å². The average Bonchev–Trinajstić information content (AvgIpc) is 2.25. The molecule has 5 heteroatoms. The first kappa shape index (κ1) is 12.1. The van der Waals surface area contributed by atoms with Crippen LogP contribution in [0.3, 0.4) is 0 Å². The van der Waals surface area contributed by atoms with E-state index in [9.17, 15) is 13.6 Å². The summed E-state index contributed by atoms with van der Waals surface area (Å²) < 4.78 is 30.8. The Bertz CT molecular complexity index is 452. The average molecular weight is 225 g/mol. The summed E-state index contributed by atoms with van der Waals surface area (Å²) in [5.74, 6) is -2.95. The lowest BCUT2D eigenvalue weighted by Gasteiger charge is -2.05. The minimum Gasteiger partial charge on any atom is -0.466 e. The van der Waals surface area contributed by atoms with E-state index in [2.05, 4.69) is 4.74 Å². The molecule has 1 rings (SSSR count). The molecule has 3 nitrogen and oxygen atoms in total. The highest BCUT2D eigenvalue weighted by molar-refractivity contribution is 5.73. The van der Waals surface area contributed by atoms with Gasteiger partial charge in [-0.15, -0.1) is 0 Å². The van der Waals surface area contributed by atoms with E-state index in [0.29, 0.717) is 0 Å². The third-order valence-electron chi connectivity index (χ3n) is 1.94. The number of esters is 1. The number of nitrogens with zero attached hydrogens (tertiary/aromatic N) is 1. The molecular weight excluding hydrogens is 216 g/mol. The molecule has 0 saturated heterocycles. The highest BCUT2D eigenvalue weighted by Gasteiger charge is 2.17. The number of hydrogen-bond acceptors (Lipinski definition) is 3. The van der Waals surface area contributed by atoms with Crippen LogP contribution in [0.4, 0.5) is 8.78 Å². The first-order valence-electron chi connectivity index (χ1n) is 4.62. The number of halogens is 2. The first-order chi connectivity index (χ1) is 7.60. The predicted molar refractivity (Wildman–Crippen MR) is 51.4 cm³/mol. The lowest BCUT2D eigenvalue weighted by Crippen LogP contribution is -2.11. The van der Waals surface area contributed by atoms with E-state index in [-0.39, 0.29) is 17.7 Å². The maximum atomic E-state index is 13.3. The number of rotatable bonds is 3. The quantitative estimate of drug-likeness (QED) is 0.738. The molecule has 0 amide bonds. The summed E-state index contributed by atoms with van der Waals surface area (Å²) in [7, 11) is 0. The molecule has 0 N–H and O–H groups in total. The molecule has 0 bridgehead atoms. The molecule has 0 aliphatic heterocycles. The Hall–Kier alpha value is -1.96. The van der Waals surface area contributed by atoms with Crippen molar-refractivity contribution in [1.82, 2.24) is 0 Å². The van der Waals surface area contributed by atoms with Crippen LogP contribution in [0.25, 0.3) is 0 Å². The second-order valence-corrected chi connectivity index (χ2v) is 2.98. The van der Waals surface area contributed by atoms with E-state index in [1.54, 1.807) is 13.0 Å². The lowest BCUT2D eigenvalue weighted by molar-refractivity contribution is -0.142. The maximum Gasteiger partial charge on any atom is 0.310 e. The largest absolute Gasteiger partial charge is 0.466 e. The molecule has 0 aromatic heterocycles. The highest BCUT2D eigenvalue weighted by Crippen LogP contribution is 2.17. The third-order valence-corrected chi connectivity index (χ3v) is 1.94. The number of carbonyl (C=O) groups excluding carboxylic acids is 1. The molecule has 16 heavy (non-hydrogen) atoms. The zero-order valence-electron chi connectivity index (χ0n) is 8.59. The van der Waals surface area contributed by atoms with Crippen LogP contribution in [-0.2, 0) is 16.0 Å². The van der Waals surface area contributed by atoms with Gasteiger partial charge in [0.2, 0.25) is 0 Å². The molecule has 0 fully saturated rings. The topological polar surface area (TPSA) is 50.1 Å². The Morgan fingerprint density at radius 2 is 2.19 bits per heavy atom. The molecule has 1 aromatic carbocycles. The van der Waals surface area contributed by atoms with Crippen molar-refractivity contribution >= 4 is 5.97 Å². The lowest BCUT2D eigenvalue weighted by atomic mass is 10.0. The van der Waals surface area contributed by atoms with Gasteiger partial charge >= 0.3 is 5.97 Å². The third kappa shape index (κ3) is 2.54. The molecule has 84 valence electrons. The number of nitriles is 1. The van der Waals surface area contributed by atoms with Gasteiger partial charge in [-0.25, -0.2) is 8.78 Å². The summed E-state index contributed by atoms with van der Waals surface area (Å²) in [5, 5.41) is 8.69. The first-order valence-corrected chi connectivity index (χ1v) is 4.62. The van der Waals surface area contributed by atoms with Crippen LogP contribution in [0.2, 0.25) is 0 Å². The number of benzene rings is 1. The Morgan fingerprint density at radius 3 is 2.75 bits per heavy atom. The molecule has 0 spiro atoms. The van der Waals surface area contributed by atoms with Crippen LogP contribution >= 0.6 is 0 Å². The Morgan fingerprint density at radius 1 is 1.50 bits per heavy atom. The fourth-order valence-electron chi connectivity index (χ4n) is 1.23. The summed E-state index contributed by atoms with van der Waals surface area (Å²) in [6, 6.07) is 3.68. The molecule has 0 atom stereocenters. The number of carbonyl (C=O) groups is 1. The van der Waals surface area contributed by atoms with Crippen molar-refractivity contribution in [2.24, 2.45) is 0 Å². The summed E-state index contributed by atoms with van der Waals surface area (Å²) in [5.41, 5.74) is -0.326. The van der Waals surface area contributed by atoms with Crippen molar-refractivity contribution in [2.75, 3.05) is 6.61 Å². The molecule has 0 heterocycles. The Kier molecular flexibility index (Phi) is 3.95. The standard InChI is InChI=1S/C11H9F2NO2/c1-2-16-10(15)5-8-7(6-14)3-4-9(12)11(8)13/h3-4H,2,5H2,1H3. The minimum atomic E-state index is -1.17. The van der Waals surface area contributed by atoms with E-state index in [4.69, 9.17) is 5.26 Å². The Balaban J connectivity index is 3.07. The summed E-state index contributed by atoms with van der Waals surface area (Å²) in [6.07, 6.45) is -0.444. The van der Waals surface area contributed by atoms with E-state index < -0.39 is 24.0 Å². The zero-order valence-corrected chi connectivity index (χ0v) is 8.59. The van der Waals surface area contributed by atoms with Crippen molar-refractivity contribution in [3.05, 3.63) is 34.9 Å². The molecule has 0 unspecified atom stereocenters. The van der Waals surface area contributed by atoms with Crippen molar-refractivity contribution in [3.8, 4) is 6.07 Å². The van der Waals surface area contributed by atoms with E-state index >= 15 is 0 Å². The summed E-state index contributed by atoms with van der Waals surface area (Å²) in [4.78, 5) is 11.1. The smallest absolute Gasteiger partial charge is 0.310 e. The van der Waals surface area contributed by atoms with Gasteiger partial charge < -0.3 is 4.74 Å². The van der Waals surface area contributed by atoms with Gasteiger partial charge in [0.25, 0.3) is 0 Å². The van der Waals surface area contributed by atoms with E-state index in [0.717, 1.165) is 12.1 Å². The second-order valence-electron chi connectivity index (χ2n) is 2.98. The molecule has 0 radical (unpaired) electrons. The van der Waals surface area contributed by atoms with Crippen molar-refractivity contribution < 1.29 is 18.3 Å². The van der Waals surface area contributed by atoms with Gasteiger partial charge in [-0.3, -0.25) is 4.79 Å². The highest BCUT2D eigenvalue weighted by atomic mass is 19.2. The number of ether oxygens (including phenoxy) is 1. The zero-order chi connectivity index (χ0) is 12.1. The normalized spacial score (nSPS) is 9.62. The van der Waals surface area contributed by atoms with Crippen LogP contribution in [-0.4, -0.2) is 12.6 Å². The second kappa shape index (κ2) is 5.21. The molecule has 0 aliphatic rings. The number of hydrogen-bond donors (Lipinski definition) is 0. The van der Waals surface area contributed by atoms with Gasteiger partial charge in [-0.2, -0.15) is 5.26 Å². The molecular formula is C11H9F2NO2. The van der Waals surface area contributed by atoms with Gasteiger partial charge in [0.05, 0.1) is 24.7 Å². The minimum absolute atomic E-state index is 0.0630. The van der Waals surface area contributed by atoms with E-state index in [1.807, 2.05) is 0 Å². The van der Waals surface area contributed by atoms with Crippen molar-refractivity contribution in [2.45, 2.75) is 13.3 Å². The van der Waals surface area contributed by atoms with Crippen molar-refractivity contribution in [1.29, 1.82) is 5.26 Å². The molecule has 0 saturated carbocycles. The predicted octanol–water partition coefficient (Wildman–Crippen LogP) is 1.94. The summed E-state index contributed by atoms with van der Waals surface area (Å²) in [6.45, 7) is 1.75. The van der Waals surface area contributed by atoms with Crippen LogP contribution in [0, 0.1) is 23.0 Å². The molecule has 1 aromatic rings. The fraction of sp³-hybridized carbons (Fsp3) is 0.273. The van der Waals surface area contributed by atoms with Crippen LogP contribution in [0.1, 0.15) is 18.1 Å². The monoisotopic (exact) mass is 225 g/mol. The summed E-state index contributed by atoms with van der Waals surface area (Å²) >= 11 is 0. The van der Waals surface area contributed by atoms with Crippen molar-refractivity contribution in [3.63, 3.8) is 0 Å². The van der Waals surface area contributed by atoms with E-state index in [1.165, 1.54) is 0 Å². The van der Waals surface area contributed by atoms with Gasteiger partial charge in [-0.1, -0.05) is 0 Å². The fourth-order valence-corrected chi connectivity index (χ4v) is 1.23. The van der Waals surface area contributed by atoms with Gasteiger partial charge in [0.1, 0.15) is 0 Å².